The number of nitro groups is 1. The average Bonchev–Trinajstić information content (AvgIpc) is 2.42. The molecule has 1 heterocycles. The Kier molecular flexibility index (Phi) is 4.70. The summed E-state index contributed by atoms with van der Waals surface area (Å²) in [6, 6.07) is 4.71. The fraction of sp³-hybridized carbons (Fsp3) is 0.538. The number of ether oxygens (including phenoxy) is 1. The van der Waals surface area contributed by atoms with Crippen molar-refractivity contribution >= 4 is 5.69 Å². The Bertz CT molecular complexity index is 445. The second-order valence-corrected chi connectivity index (χ2v) is 4.65. The van der Waals surface area contributed by atoms with Crippen molar-refractivity contribution in [2.24, 2.45) is 0 Å². The van der Waals surface area contributed by atoms with Crippen LogP contribution in [-0.2, 0) is 0 Å². The van der Waals surface area contributed by atoms with Gasteiger partial charge in [0.2, 0.25) is 0 Å². The summed E-state index contributed by atoms with van der Waals surface area (Å²) in [6.45, 7) is 7.37. The molecule has 2 rings (SSSR count). The minimum absolute atomic E-state index is 0.0720. The molecule has 19 heavy (non-hydrogen) atoms. The summed E-state index contributed by atoms with van der Waals surface area (Å²) in [5.74, 6) is 0.601. The van der Waals surface area contributed by atoms with Crippen LogP contribution in [0.25, 0.3) is 0 Å². The fourth-order valence-corrected chi connectivity index (χ4v) is 2.08. The Morgan fingerprint density at radius 1 is 1.42 bits per heavy atom. The third-order valence-electron chi connectivity index (χ3n) is 3.26. The molecule has 1 aliphatic heterocycles. The van der Waals surface area contributed by atoms with Gasteiger partial charge in [-0.05, 0) is 18.6 Å². The van der Waals surface area contributed by atoms with Gasteiger partial charge in [-0.3, -0.25) is 15.0 Å². The highest BCUT2D eigenvalue weighted by Crippen LogP contribution is 2.23. The summed E-state index contributed by atoms with van der Waals surface area (Å²) in [5.41, 5.74) is 0.994. The van der Waals surface area contributed by atoms with Crippen molar-refractivity contribution in [2.45, 2.75) is 6.92 Å². The molecule has 0 atom stereocenters. The van der Waals surface area contributed by atoms with Gasteiger partial charge in [-0.15, -0.1) is 0 Å². The standard InChI is InChI=1S/C13H19N3O3/c1-11-2-3-12(16(17)18)10-13(11)19-9-8-15-6-4-14-5-7-15/h2-3,10,14H,4-9H2,1H3. The van der Waals surface area contributed by atoms with Crippen LogP contribution in [0.1, 0.15) is 5.56 Å². The van der Waals surface area contributed by atoms with Crippen LogP contribution >= 0.6 is 0 Å². The molecule has 1 fully saturated rings. The summed E-state index contributed by atoms with van der Waals surface area (Å²) < 4.78 is 5.66. The van der Waals surface area contributed by atoms with Crippen molar-refractivity contribution in [3.8, 4) is 5.75 Å². The van der Waals surface area contributed by atoms with Crippen LogP contribution < -0.4 is 10.1 Å². The van der Waals surface area contributed by atoms with Gasteiger partial charge in [0.1, 0.15) is 12.4 Å². The lowest BCUT2D eigenvalue weighted by Crippen LogP contribution is -2.44. The molecular formula is C13H19N3O3. The number of piperazine rings is 1. The van der Waals surface area contributed by atoms with E-state index in [4.69, 9.17) is 4.74 Å². The smallest absolute Gasteiger partial charge is 0.273 e. The number of rotatable bonds is 5. The fourth-order valence-electron chi connectivity index (χ4n) is 2.08. The number of nitrogens with zero attached hydrogens (tertiary/aromatic N) is 2. The number of hydrogen-bond donors (Lipinski definition) is 1. The zero-order valence-corrected chi connectivity index (χ0v) is 11.1. The van der Waals surface area contributed by atoms with Gasteiger partial charge in [0.25, 0.3) is 5.69 Å². The molecular weight excluding hydrogens is 246 g/mol. The van der Waals surface area contributed by atoms with Gasteiger partial charge in [0.15, 0.2) is 0 Å². The van der Waals surface area contributed by atoms with Crippen molar-refractivity contribution in [3.05, 3.63) is 33.9 Å². The normalized spacial score (nSPS) is 16.3. The molecule has 0 unspecified atom stereocenters. The van der Waals surface area contributed by atoms with Crippen LogP contribution in [0.4, 0.5) is 5.69 Å². The molecule has 0 aliphatic carbocycles. The summed E-state index contributed by atoms with van der Waals surface area (Å²) in [7, 11) is 0. The lowest BCUT2D eigenvalue weighted by atomic mass is 10.2. The predicted octanol–water partition coefficient (Wildman–Crippen LogP) is 1.19. The molecule has 1 saturated heterocycles. The monoisotopic (exact) mass is 265 g/mol. The van der Waals surface area contributed by atoms with E-state index in [1.165, 1.54) is 12.1 Å². The van der Waals surface area contributed by atoms with Gasteiger partial charge in [0, 0.05) is 38.8 Å². The Hall–Kier alpha value is -1.66. The van der Waals surface area contributed by atoms with E-state index >= 15 is 0 Å². The third kappa shape index (κ3) is 3.90. The first-order valence-corrected chi connectivity index (χ1v) is 6.48. The molecule has 0 saturated carbocycles. The maximum Gasteiger partial charge on any atom is 0.273 e. The van der Waals surface area contributed by atoms with Crippen molar-refractivity contribution in [1.82, 2.24) is 10.2 Å². The van der Waals surface area contributed by atoms with Crippen LogP contribution in [0.3, 0.4) is 0 Å². The highest BCUT2D eigenvalue weighted by Gasteiger charge is 2.11. The first-order valence-electron chi connectivity index (χ1n) is 6.48. The number of aryl methyl sites for hydroxylation is 1. The van der Waals surface area contributed by atoms with Crippen LogP contribution in [0.15, 0.2) is 18.2 Å². The Balaban J connectivity index is 1.87. The molecule has 0 spiro atoms. The quantitative estimate of drug-likeness (QED) is 0.639. The Morgan fingerprint density at radius 3 is 2.84 bits per heavy atom. The van der Waals surface area contributed by atoms with Crippen molar-refractivity contribution in [1.29, 1.82) is 0 Å². The summed E-state index contributed by atoms with van der Waals surface area (Å²) in [6.07, 6.45) is 0. The third-order valence-corrected chi connectivity index (χ3v) is 3.26. The molecule has 0 radical (unpaired) electrons. The van der Waals surface area contributed by atoms with Crippen molar-refractivity contribution < 1.29 is 9.66 Å². The Labute approximate surface area is 112 Å². The highest BCUT2D eigenvalue weighted by molar-refractivity contribution is 5.43. The van der Waals surface area contributed by atoms with Gasteiger partial charge in [-0.1, -0.05) is 0 Å². The van der Waals surface area contributed by atoms with Crippen LogP contribution in [0, 0.1) is 17.0 Å². The molecule has 1 aliphatic rings. The van der Waals surface area contributed by atoms with E-state index in [1.54, 1.807) is 6.07 Å². The zero-order valence-electron chi connectivity index (χ0n) is 11.1. The average molecular weight is 265 g/mol. The second kappa shape index (κ2) is 6.49. The van der Waals surface area contributed by atoms with E-state index in [2.05, 4.69) is 10.2 Å². The lowest BCUT2D eigenvalue weighted by Gasteiger charge is -2.27. The molecule has 6 nitrogen and oxygen atoms in total. The van der Waals surface area contributed by atoms with Gasteiger partial charge >= 0.3 is 0 Å². The van der Waals surface area contributed by atoms with Gasteiger partial charge in [-0.25, -0.2) is 0 Å². The van der Waals surface area contributed by atoms with Crippen molar-refractivity contribution in [2.75, 3.05) is 39.3 Å². The van der Waals surface area contributed by atoms with E-state index < -0.39 is 4.92 Å². The SMILES string of the molecule is Cc1ccc([N+](=O)[O-])cc1OCCN1CCNCC1. The topological polar surface area (TPSA) is 67.6 Å². The molecule has 1 N–H and O–H groups in total. The van der Waals surface area contributed by atoms with Crippen LogP contribution in [-0.4, -0.2) is 49.2 Å². The largest absolute Gasteiger partial charge is 0.492 e. The molecule has 0 bridgehead atoms. The molecule has 6 heteroatoms. The molecule has 1 aromatic carbocycles. The minimum atomic E-state index is -0.400. The first-order chi connectivity index (χ1) is 9.16. The highest BCUT2D eigenvalue weighted by atomic mass is 16.6. The number of non-ortho nitro benzene ring substituents is 1. The Morgan fingerprint density at radius 2 is 2.16 bits per heavy atom. The maximum absolute atomic E-state index is 10.7. The molecule has 0 amide bonds. The molecule has 104 valence electrons. The predicted molar refractivity (Wildman–Crippen MR) is 72.6 cm³/mol. The number of hydrogen-bond acceptors (Lipinski definition) is 5. The van der Waals surface area contributed by atoms with Gasteiger partial charge < -0.3 is 10.1 Å². The second-order valence-electron chi connectivity index (χ2n) is 4.65. The molecule has 0 aromatic heterocycles. The number of nitrogens with one attached hydrogen (secondary N) is 1. The van der Waals surface area contributed by atoms with E-state index in [0.29, 0.717) is 12.4 Å². The number of benzene rings is 1. The van der Waals surface area contributed by atoms with Crippen LogP contribution in [0.2, 0.25) is 0 Å². The first kappa shape index (κ1) is 13.8. The van der Waals surface area contributed by atoms with E-state index in [-0.39, 0.29) is 5.69 Å². The van der Waals surface area contributed by atoms with E-state index in [1.807, 2.05) is 6.92 Å². The van der Waals surface area contributed by atoms with Crippen LogP contribution in [0.5, 0.6) is 5.75 Å². The van der Waals surface area contributed by atoms with E-state index in [0.717, 1.165) is 38.3 Å². The van der Waals surface area contributed by atoms with Gasteiger partial charge in [0.05, 0.1) is 11.0 Å². The summed E-state index contributed by atoms with van der Waals surface area (Å²) >= 11 is 0. The maximum atomic E-state index is 10.7. The van der Waals surface area contributed by atoms with Gasteiger partial charge in [-0.2, -0.15) is 0 Å². The lowest BCUT2D eigenvalue weighted by molar-refractivity contribution is -0.384. The van der Waals surface area contributed by atoms with E-state index in [9.17, 15) is 10.1 Å². The zero-order chi connectivity index (χ0) is 13.7. The molecule has 1 aromatic rings. The number of nitro benzene ring substituents is 1. The summed E-state index contributed by atoms with van der Waals surface area (Å²) in [5, 5.41) is 14.0. The minimum Gasteiger partial charge on any atom is -0.492 e. The van der Waals surface area contributed by atoms with Crippen molar-refractivity contribution in [3.63, 3.8) is 0 Å². The summed E-state index contributed by atoms with van der Waals surface area (Å²) in [4.78, 5) is 12.6.